The second-order valence-electron chi connectivity index (χ2n) is 6.40. The number of aryl methyl sites for hydroxylation is 1. The summed E-state index contributed by atoms with van der Waals surface area (Å²) >= 11 is 0. The first-order valence-corrected chi connectivity index (χ1v) is 10.8. The number of anilines is 2. The predicted molar refractivity (Wildman–Crippen MR) is 115 cm³/mol. The van der Waals surface area contributed by atoms with Gasteiger partial charge in [0.15, 0.2) is 0 Å². The summed E-state index contributed by atoms with van der Waals surface area (Å²) in [7, 11) is -2.64. The minimum atomic E-state index is -2.64. The molecular formula is C20H22N4O3S. The van der Waals surface area contributed by atoms with E-state index in [9.17, 15) is 14.8 Å². The summed E-state index contributed by atoms with van der Waals surface area (Å²) < 4.78 is 3.23. The number of phenols is 1. The highest BCUT2D eigenvalue weighted by atomic mass is 32.3. The number of aromatic hydroxyl groups is 1. The van der Waals surface area contributed by atoms with Crippen LogP contribution in [0, 0.1) is 11.8 Å². The van der Waals surface area contributed by atoms with Crippen molar-refractivity contribution >= 4 is 37.7 Å². The van der Waals surface area contributed by atoms with Gasteiger partial charge in [0.2, 0.25) is 0 Å². The van der Waals surface area contributed by atoms with Crippen molar-refractivity contribution in [3.05, 3.63) is 59.1 Å². The van der Waals surface area contributed by atoms with Crippen LogP contribution < -0.4 is 10.6 Å². The Bertz CT molecular complexity index is 1060. The molecule has 0 aliphatic carbocycles. The van der Waals surface area contributed by atoms with Crippen molar-refractivity contribution in [3.8, 4) is 5.75 Å². The molecule has 1 amide bonds. The van der Waals surface area contributed by atoms with Gasteiger partial charge in [-0.15, -0.1) is 4.91 Å². The minimum absolute atomic E-state index is 0.158. The van der Waals surface area contributed by atoms with E-state index in [0.29, 0.717) is 17.0 Å². The number of para-hydroxylation sites is 1. The van der Waals surface area contributed by atoms with Gasteiger partial charge in [0, 0.05) is 50.7 Å². The average Bonchev–Trinajstić information content (AvgIpc) is 2.70. The number of nitrogens with zero attached hydrogens (tertiary/aromatic N) is 2. The van der Waals surface area contributed by atoms with Gasteiger partial charge in [-0.05, 0) is 48.4 Å². The summed E-state index contributed by atoms with van der Waals surface area (Å²) in [6.45, 7) is 4.14. The van der Waals surface area contributed by atoms with E-state index in [1.165, 1.54) is 0 Å². The molecule has 0 aliphatic rings. The lowest BCUT2D eigenvalue weighted by Crippen LogP contribution is -2.25. The maximum absolute atomic E-state index is 12.6. The normalized spacial score (nSPS) is 14.1. The topological polar surface area (TPSA) is 104 Å². The molecule has 7 nitrogen and oxygen atoms in total. The van der Waals surface area contributed by atoms with Crippen molar-refractivity contribution in [1.82, 2.24) is 10.3 Å². The Kier molecular flexibility index (Phi) is 5.51. The van der Waals surface area contributed by atoms with E-state index in [-0.39, 0.29) is 11.0 Å². The molecule has 0 spiro atoms. The SMILES string of the molecule is CCNC(=O)S(C)(N=O)c1cccc2c(Nc3cc(O)ccc3C)ccnc12. The molecular weight excluding hydrogens is 376 g/mol. The van der Waals surface area contributed by atoms with Gasteiger partial charge in [-0.3, -0.25) is 9.78 Å². The summed E-state index contributed by atoms with van der Waals surface area (Å²) in [5.41, 5.74) is 3.02. The molecule has 1 unspecified atom stereocenters. The van der Waals surface area contributed by atoms with Crippen LogP contribution in [0.1, 0.15) is 12.5 Å². The lowest BCUT2D eigenvalue weighted by atomic mass is 10.1. The van der Waals surface area contributed by atoms with Crippen LogP contribution in [0.5, 0.6) is 5.75 Å². The van der Waals surface area contributed by atoms with Gasteiger partial charge in [0.25, 0.3) is 5.24 Å². The number of nitrogens with one attached hydrogen (secondary N) is 2. The third kappa shape index (κ3) is 3.50. The number of hydrogen-bond acceptors (Lipinski definition) is 6. The van der Waals surface area contributed by atoms with Gasteiger partial charge in [0.05, 0.1) is 5.52 Å². The molecule has 1 heterocycles. The zero-order valence-electron chi connectivity index (χ0n) is 15.9. The molecule has 0 radical (unpaired) electrons. The number of hydrogen-bond donors (Lipinski definition) is 3. The third-order valence-corrected chi connectivity index (χ3v) is 6.83. The van der Waals surface area contributed by atoms with Crippen molar-refractivity contribution in [2.45, 2.75) is 18.7 Å². The third-order valence-electron chi connectivity index (χ3n) is 4.48. The van der Waals surface area contributed by atoms with E-state index in [1.807, 2.05) is 25.1 Å². The Balaban J connectivity index is 2.14. The molecule has 3 N–H and O–H groups in total. The maximum Gasteiger partial charge on any atom is 0.287 e. The quantitative estimate of drug-likeness (QED) is 0.513. The first kappa shape index (κ1) is 19.6. The minimum Gasteiger partial charge on any atom is -0.508 e. The number of aromatic nitrogens is 1. The number of benzene rings is 2. The smallest absolute Gasteiger partial charge is 0.287 e. The van der Waals surface area contributed by atoms with E-state index in [2.05, 4.69) is 20.2 Å². The largest absolute Gasteiger partial charge is 0.508 e. The molecule has 1 atom stereocenters. The van der Waals surface area contributed by atoms with Crippen LogP contribution in [-0.4, -0.2) is 28.1 Å². The molecule has 0 saturated carbocycles. The van der Waals surface area contributed by atoms with Crippen molar-refractivity contribution in [2.24, 2.45) is 4.58 Å². The van der Waals surface area contributed by atoms with E-state index in [1.54, 1.807) is 43.6 Å². The number of pyridine rings is 1. The molecule has 1 aromatic heterocycles. The van der Waals surface area contributed by atoms with E-state index < -0.39 is 10.2 Å². The molecule has 2 aromatic carbocycles. The number of amides is 1. The maximum atomic E-state index is 12.6. The lowest BCUT2D eigenvalue weighted by molar-refractivity contribution is 0.260. The monoisotopic (exact) mass is 398 g/mol. The van der Waals surface area contributed by atoms with Crippen LogP contribution in [0.15, 0.2) is 58.1 Å². The van der Waals surface area contributed by atoms with E-state index >= 15 is 0 Å². The Morgan fingerprint density at radius 3 is 2.71 bits per heavy atom. The first-order chi connectivity index (χ1) is 13.4. The second kappa shape index (κ2) is 7.85. The summed E-state index contributed by atoms with van der Waals surface area (Å²) in [6.07, 6.45) is 3.19. The number of nitroso groups, excluding NO2 is 1. The number of phenolic OH excluding ortho intramolecular Hbond substituents is 1. The Labute approximate surface area is 164 Å². The van der Waals surface area contributed by atoms with Gasteiger partial charge < -0.3 is 15.7 Å². The number of rotatable bonds is 5. The Hall–Kier alpha value is -3.13. The predicted octanol–water partition coefficient (Wildman–Crippen LogP) is 5.20. The summed E-state index contributed by atoms with van der Waals surface area (Å²) in [6, 6.07) is 12.3. The van der Waals surface area contributed by atoms with Crippen molar-refractivity contribution < 1.29 is 9.90 Å². The molecule has 0 fully saturated rings. The average molecular weight is 398 g/mol. The van der Waals surface area contributed by atoms with Crippen LogP contribution in [0.4, 0.5) is 16.2 Å². The molecule has 3 rings (SSSR count). The van der Waals surface area contributed by atoms with Gasteiger partial charge in [-0.2, -0.15) is 0 Å². The fourth-order valence-corrected chi connectivity index (χ4v) is 4.58. The highest BCUT2D eigenvalue weighted by molar-refractivity contribution is 8.43. The zero-order chi connectivity index (χ0) is 20.3. The van der Waals surface area contributed by atoms with E-state index in [0.717, 1.165) is 22.3 Å². The highest BCUT2D eigenvalue weighted by Crippen LogP contribution is 2.56. The fourth-order valence-electron chi connectivity index (χ4n) is 2.93. The van der Waals surface area contributed by atoms with Gasteiger partial charge in [-0.25, -0.2) is 0 Å². The summed E-state index contributed by atoms with van der Waals surface area (Å²) in [5.74, 6) is 0.158. The summed E-state index contributed by atoms with van der Waals surface area (Å²) in [5, 5.41) is 16.2. The fraction of sp³-hybridized carbons (Fsp3) is 0.200. The van der Waals surface area contributed by atoms with Crippen LogP contribution in [0.25, 0.3) is 10.9 Å². The molecule has 3 aromatic rings. The van der Waals surface area contributed by atoms with Crippen molar-refractivity contribution in [1.29, 1.82) is 0 Å². The number of fused-ring (bicyclic) bond motifs is 1. The molecule has 28 heavy (non-hydrogen) atoms. The summed E-state index contributed by atoms with van der Waals surface area (Å²) in [4.78, 5) is 29.2. The van der Waals surface area contributed by atoms with Gasteiger partial charge in [-0.1, -0.05) is 18.2 Å². The molecule has 0 saturated heterocycles. The molecule has 0 bridgehead atoms. The van der Waals surface area contributed by atoms with Crippen LogP contribution in [0.2, 0.25) is 0 Å². The zero-order valence-corrected chi connectivity index (χ0v) is 16.7. The van der Waals surface area contributed by atoms with Crippen LogP contribution in [0.3, 0.4) is 0 Å². The lowest BCUT2D eigenvalue weighted by Gasteiger charge is -2.26. The Morgan fingerprint density at radius 1 is 1.21 bits per heavy atom. The van der Waals surface area contributed by atoms with Crippen molar-refractivity contribution in [3.63, 3.8) is 0 Å². The number of carbonyl (C=O) groups excluding carboxylic acids is 1. The van der Waals surface area contributed by atoms with Crippen LogP contribution >= 0.6 is 10.2 Å². The van der Waals surface area contributed by atoms with Crippen LogP contribution in [-0.2, 0) is 0 Å². The van der Waals surface area contributed by atoms with E-state index in [4.69, 9.17) is 0 Å². The second-order valence-corrected chi connectivity index (χ2v) is 9.11. The molecule has 146 valence electrons. The number of carbonyl (C=O) groups is 1. The Morgan fingerprint density at radius 2 is 2.00 bits per heavy atom. The first-order valence-electron chi connectivity index (χ1n) is 8.76. The molecule has 0 aliphatic heterocycles. The standard InChI is InChI=1S/C20H22N4O3S/c1-4-21-20(26)28(3,24-27)18-7-5-6-15-16(10-11-22-19(15)18)23-17-12-14(25)9-8-13(17)2/h5-12,25H,4H2,1-3H3,(H,21,26)(H,22,23). The molecule has 8 heteroatoms. The highest BCUT2D eigenvalue weighted by Gasteiger charge is 2.33. The van der Waals surface area contributed by atoms with Crippen molar-refractivity contribution in [2.75, 3.05) is 18.1 Å². The van der Waals surface area contributed by atoms with Gasteiger partial charge >= 0.3 is 0 Å². The van der Waals surface area contributed by atoms with Gasteiger partial charge in [0.1, 0.15) is 5.75 Å².